The van der Waals surface area contributed by atoms with Gasteiger partial charge >= 0.3 is 0 Å². The third kappa shape index (κ3) is 7.25. The van der Waals surface area contributed by atoms with Gasteiger partial charge in [-0.2, -0.15) is 5.10 Å². The summed E-state index contributed by atoms with van der Waals surface area (Å²) in [5.41, 5.74) is 5.13. The van der Waals surface area contributed by atoms with Crippen LogP contribution in [0.2, 0.25) is 10.0 Å². The molecule has 0 bridgehead atoms. The highest BCUT2D eigenvalue weighted by Gasteiger charge is 2.12. The Balaban J connectivity index is 1.36. The van der Waals surface area contributed by atoms with E-state index in [0.717, 1.165) is 11.1 Å². The first kappa shape index (κ1) is 27.0. The molecular weight excluding hydrogens is 530 g/mol. The van der Waals surface area contributed by atoms with Gasteiger partial charge in [-0.15, -0.1) is 0 Å². The highest BCUT2D eigenvalue weighted by atomic mass is 35.5. The topological polar surface area (TPSA) is 69.2 Å². The summed E-state index contributed by atoms with van der Waals surface area (Å²) in [5.74, 6) is 0.463. The molecule has 194 valence electrons. The van der Waals surface area contributed by atoms with Gasteiger partial charge in [0, 0.05) is 5.56 Å². The zero-order chi connectivity index (χ0) is 26.9. The van der Waals surface area contributed by atoms with Crippen molar-refractivity contribution in [3.05, 3.63) is 123 Å². The molecule has 4 aromatic rings. The quantitative estimate of drug-likeness (QED) is 0.169. The van der Waals surface area contributed by atoms with Gasteiger partial charge in [0.05, 0.1) is 23.4 Å². The van der Waals surface area contributed by atoms with E-state index in [1.165, 1.54) is 25.5 Å². The van der Waals surface area contributed by atoms with Crippen molar-refractivity contribution in [2.45, 2.75) is 13.2 Å². The van der Waals surface area contributed by atoms with E-state index in [2.05, 4.69) is 10.5 Å². The SMILES string of the molecule is COc1cc(C(=O)N/N=C/c2cc(Cl)c(OCc3ccc(F)cc3)c(Cl)c2)ccc1OCc1ccccc1. The third-order valence-corrected chi connectivity index (χ3v) is 5.92. The fourth-order valence-electron chi connectivity index (χ4n) is 3.42. The summed E-state index contributed by atoms with van der Waals surface area (Å²) in [4.78, 5) is 12.6. The summed E-state index contributed by atoms with van der Waals surface area (Å²) in [6, 6.07) is 23.7. The van der Waals surface area contributed by atoms with Crippen molar-refractivity contribution in [1.29, 1.82) is 0 Å². The van der Waals surface area contributed by atoms with E-state index < -0.39 is 5.91 Å². The maximum atomic E-state index is 13.1. The average molecular weight is 553 g/mol. The van der Waals surface area contributed by atoms with E-state index in [-0.39, 0.29) is 22.5 Å². The number of hydrazone groups is 1. The van der Waals surface area contributed by atoms with Gasteiger partial charge in [0.1, 0.15) is 19.0 Å². The van der Waals surface area contributed by atoms with E-state index in [0.29, 0.717) is 35.0 Å². The molecular formula is C29H23Cl2FN2O4. The first-order valence-corrected chi connectivity index (χ1v) is 12.2. The number of rotatable bonds is 10. The van der Waals surface area contributed by atoms with E-state index in [1.54, 1.807) is 42.5 Å². The molecule has 0 aliphatic heterocycles. The summed E-state index contributed by atoms with van der Waals surface area (Å²) in [6.07, 6.45) is 1.41. The number of carbonyl (C=O) groups excluding carboxylic acids is 1. The van der Waals surface area contributed by atoms with Gasteiger partial charge in [0.15, 0.2) is 17.2 Å². The predicted molar refractivity (Wildman–Crippen MR) is 146 cm³/mol. The molecule has 0 atom stereocenters. The van der Waals surface area contributed by atoms with Crippen molar-refractivity contribution in [3.63, 3.8) is 0 Å². The highest BCUT2D eigenvalue weighted by molar-refractivity contribution is 6.37. The lowest BCUT2D eigenvalue weighted by atomic mass is 10.2. The molecule has 0 radical (unpaired) electrons. The minimum Gasteiger partial charge on any atom is -0.493 e. The Bertz CT molecular complexity index is 1410. The summed E-state index contributed by atoms with van der Waals surface area (Å²) >= 11 is 12.7. The van der Waals surface area contributed by atoms with Crippen molar-refractivity contribution >= 4 is 35.3 Å². The molecule has 0 fully saturated rings. The van der Waals surface area contributed by atoms with Crippen molar-refractivity contribution in [1.82, 2.24) is 5.43 Å². The van der Waals surface area contributed by atoms with E-state index in [9.17, 15) is 9.18 Å². The zero-order valence-corrected chi connectivity index (χ0v) is 21.8. The number of hydrogen-bond donors (Lipinski definition) is 1. The number of methoxy groups -OCH3 is 1. The monoisotopic (exact) mass is 552 g/mol. The number of benzene rings is 4. The molecule has 0 saturated heterocycles. The van der Waals surface area contributed by atoms with Gasteiger partial charge in [-0.1, -0.05) is 65.7 Å². The van der Waals surface area contributed by atoms with Crippen molar-refractivity contribution < 1.29 is 23.4 Å². The van der Waals surface area contributed by atoms with Crippen LogP contribution in [0.15, 0.2) is 90.0 Å². The van der Waals surface area contributed by atoms with Gasteiger partial charge in [-0.05, 0) is 59.2 Å². The van der Waals surface area contributed by atoms with Crippen molar-refractivity contribution in [3.8, 4) is 17.2 Å². The average Bonchev–Trinajstić information content (AvgIpc) is 2.93. The van der Waals surface area contributed by atoms with Crippen LogP contribution in [0.25, 0.3) is 0 Å². The van der Waals surface area contributed by atoms with Crippen molar-refractivity contribution in [2.24, 2.45) is 5.10 Å². The molecule has 38 heavy (non-hydrogen) atoms. The van der Waals surface area contributed by atoms with E-state index in [1.807, 2.05) is 30.3 Å². The second kappa shape index (κ2) is 12.9. The Morgan fingerprint density at radius 2 is 1.53 bits per heavy atom. The van der Waals surface area contributed by atoms with Crippen LogP contribution in [0, 0.1) is 5.82 Å². The lowest BCUT2D eigenvalue weighted by molar-refractivity contribution is 0.0954. The molecule has 0 heterocycles. The number of carbonyl (C=O) groups is 1. The van der Waals surface area contributed by atoms with Gasteiger partial charge < -0.3 is 14.2 Å². The first-order chi connectivity index (χ1) is 18.4. The molecule has 6 nitrogen and oxygen atoms in total. The first-order valence-electron chi connectivity index (χ1n) is 11.5. The molecule has 0 spiro atoms. The molecule has 0 aliphatic rings. The standard InChI is InChI=1S/C29H23Cl2FN2O4/c1-36-27-15-22(9-12-26(27)37-17-19-5-3-2-4-6-19)29(35)34-33-16-21-13-24(30)28(25(31)14-21)38-18-20-7-10-23(32)11-8-20/h2-16H,17-18H2,1H3,(H,34,35)/b33-16+. The molecule has 1 amide bonds. The third-order valence-electron chi connectivity index (χ3n) is 5.36. The molecule has 1 N–H and O–H groups in total. The molecule has 0 aromatic heterocycles. The maximum Gasteiger partial charge on any atom is 0.271 e. The summed E-state index contributed by atoms with van der Waals surface area (Å²) < 4.78 is 30.0. The number of amides is 1. The van der Waals surface area contributed by atoms with Crippen LogP contribution in [0.1, 0.15) is 27.0 Å². The lowest BCUT2D eigenvalue weighted by Crippen LogP contribution is -2.17. The zero-order valence-electron chi connectivity index (χ0n) is 20.3. The van der Waals surface area contributed by atoms with Crippen LogP contribution >= 0.6 is 23.2 Å². The molecule has 4 rings (SSSR count). The van der Waals surface area contributed by atoms with Crippen LogP contribution in [-0.2, 0) is 13.2 Å². The normalized spacial score (nSPS) is 10.8. The summed E-state index contributed by atoms with van der Waals surface area (Å²) in [7, 11) is 1.51. The molecule has 4 aromatic carbocycles. The van der Waals surface area contributed by atoms with E-state index >= 15 is 0 Å². The predicted octanol–water partition coefficient (Wildman–Crippen LogP) is 7.06. The molecule has 0 unspecified atom stereocenters. The Morgan fingerprint density at radius 1 is 0.868 bits per heavy atom. The fourth-order valence-corrected chi connectivity index (χ4v) is 4.03. The second-order valence-corrected chi connectivity index (χ2v) is 8.88. The minimum absolute atomic E-state index is 0.169. The fraction of sp³-hybridized carbons (Fsp3) is 0.103. The Morgan fingerprint density at radius 3 is 2.21 bits per heavy atom. The molecule has 0 saturated carbocycles. The smallest absolute Gasteiger partial charge is 0.271 e. The van der Waals surface area contributed by atoms with Crippen LogP contribution in [0.3, 0.4) is 0 Å². The summed E-state index contributed by atoms with van der Waals surface area (Å²) in [5, 5.41) is 4.53. The van der Waals surface area contributed by atoms with Crippen LogP contribution in [-0.4, -0.2) is 19.2 Å². The van der Waals surface area contributed by atoms with Crippen LogP contribution < -0.4 is 19.6 Å². The van der Waals surface area contributed by atoms with Crippen LogP contribution in [0.5, 0.6) is 17.2 Å². The number of hydrogen-bond acceptors (Lipinski definition) is 5. The number of halogens is 3. The highest BCUT2D eigenvalue weighted by Crippen LogP contribution is 2.34. The Hall–Kier alpha value is -4.07. The number of ether oxygens (including phenoxy) is 3. The minimum atomic E-state index is -0.439. The number of nitrogens with one attached hydrogen (secondary N) is 1. The lowest BCUT2D eigenvalue weighted by Gasteiger charge is -2.12. The maximum absolute atomic E-state index is 13.1. The second-order valence-electron chi connectivity index (χ2n) is 8.07. The van der Waals surface area contributed by atoms with E-state index in [4.69, 9.17) is 37.4 Å². The Labute approximate surface area is 229 Å². The van der Waals surface area contributed by atoms with Gasteiger partial charge in [0.25, 0.3) is 5.91 Å². The largest absolute Gasteiger partial charge is 0.493 e. The molecule has 9 heteroatoms. The Kier molecular flexibility index (Phi) is 9.19. The number of nitrogens with zero attached hydrogens (tertiary/aromatic N) is 1. The molecule has 0 aliphatic carbocycles. The van der Waals surface area contributed by atoms with Gasteiger partial charge in [-0.3, -0.25) is 4.79 Å². The van der Waals surface area contributed by atoms with Crippen molar-refractivity contribution in [2.75, 3.05) is 7.11 Å². The van der Waals surface area contributed by atoms with Crippen LogP contribution in [0.4, 0.5) is 4.39 Å². The van der Waals surface area contributed by atoms with Gasteiger partial charge in [0.2, 0.25) is 0 Å². The summed E-state index contributed by atoms with van der Waals surface area (Å²) in [6.45, 7) is 0.539. The van der Waals surface area contributed by atoms with Gasteiger partial charge in [-0.25, -0.2) is 9.82 Å².